The van der Waals surface area contributed by atoms with Crippen LogP contribution in [0.3, 0.4) is 0 Å². The number of aromatic amines is 1. The Morgan fingerprint density at radius 2 is 2.19 bits per heavy atom. The fourth-order valence-corrected chi connectivity index (χ4v) is 1.63. The molecular weight excluding hydrogens is 202 g/mol. The van der Waals surface area contributed by atoms with Crippen LogP contribution in [0.25, 0.3) is 22.7 Å². The second kappa shape index (κ2) is 3.66. The molecule has 0 amide bonds. The molecule has 0 spiro atoms. The van der Waals surface area contributed by atoms with E-state index in [4.69, 9.17) is 4.42 Å². The minimum Gasteiger partial charge on any atom is -0.462 e. The summed E-state index contributed by atoms with van der Waals surface area (Å²) in [6.07, 6.45) is 8.51. The van der Waals surface area contributed by atoms with Crippen molar-refractivity contribution < 1.29 is 4.42 Å². The van der Waals surface area contributed by atoms with Crippen LogP contribution in [0.4, 0.5) is 0 Å². The number of aromatic nitrogens is 3. The minimum atomic E-state index is 0.732. The van der Waals surface area contributed by atoms with Gasteiger partial charge in [-0.25, -0.2) is 4.98 Å². The van der Waals surface area contributed by atoms with Crippen LogP contribution in [0.1, 0.15) is 0 Å². The molecule has 0 aliphatic rings. The van der Waals surface area contributed by atoms with Crippen molar-refractivity contribution in [3.8, 4) is 22.7 Å². The van der Waals surface area contributed by atoms with Gasteiger partial charge in [-0.15, -0.1) is 0 Å². The lowest BCUT2D eigenvalue weighted by Crippen LogP contribution is -1.84. The molecule has 1 N–H and O–H groups in total. The largest absolute Gasteiger partial charge is 0.462 e. The maximum Gasteiger partial charge on any atom is 0.163 e. The molecule has 3 rings (SSSR count). The first-order valence-corrected chi connectivity index (χ1v) is 4.93. The highest BCUT2D eigenvalue weighted by Gasteiger charge is 2.12. The third kappa shape index (κ3) is 1.40. The first-order chi connectivity index (χ1) is 7.95. The zero-order valence-corrected chi connectivity index (χ0v) is 8.42. The van der Waals surface area contributed by atoms with E-state index in [1.165, 1.54) is 0 Å². The van der Waals surface area contributed by atoms with Gasteiger partial charge in [0.25, 0.3) is 0 Å². The Bertz CT molecular complexity index is 569. The molecule has 4 heteroatoms. The number of hydrogen-bond acceptors (Lipinski definition) is 3. The van der Waals surface area contributed by atoms with Crippen LogP contribution < -0.4 is 0 Å². The van der Waals surface area contributed by atoms with Gasteiger partial charge in [0.2, 0.25) is 0 Å². The van der Waals surface area contributed by atoms with Crippen molar-refractivity contribution in [3.63, 3.8) is 0 Å². The third-order valence-electron chi connectivity index (χ3n) is 2.35. The van der Waals surface area contributed by atoms with E-state index in [9.17, 15) is 0 Å². The van der Waals surface area contributed by atoms with Gasteiger partial charge in [-0.2, -0.15) is 0 Å². The molecular formula is C12H9N3O. The molecule has 0 bridgehead atoms. The quantitative estimate of drug-likeness (QED) is 0.709. The van der Waals surface area contributed by atoms with Gasteiger partial charge in [-0.1, -0.05) is 0 Å². The molecule has 0 atom stereocenters. The van der Waals surface area contributed by atoms with Crippen molar-refractivity contribution in [1.82, 2.24) is 15.0 Å². The Hall–Kier alpha value is -2.36. The first-order valence-electron chi connectivity index (χ1n) is 4.93. The van der Waals surface area contributed by atoms with Crippen molar-refractivity contribution in [2.24, 2.45) is 0 Å². The van der Waals surface area contributed by atoms with Crippen molar-refractivity contribution >= 4 is 0 Å². The van der Waals surface area contributed by atoms with E-state index in [-0.39, 0.29) is 0 Å². The van der Waals surface area contributed by atoms with Crippen LogP contribution in [0.15, 0.2) is 53.7 Å². The van der Waals surface area contributed by atoms with E-state index in [0.29, 0.717) is 0 Å². The molecule has 3 heterocycles. The second-order valence-corrected chi connectivity index (χ2v) is 3.34. The van der Waals surface area contributed by atoms with Crippen LogP contribution in [-0.4, -0.2) is 15.0 Å². The normalized spacial score (nSPS) is 10.5. The van der Waals surface area contributed by atoms with Gasteiger partial charge in [-0.05, 0) is 18.2 Å². The third-order valence-corrected chi connectivity index (χ3v) is 2.35. The molecule has 3 aromatic heterocycles. The lowest BCUT2D eigenvalue weighted by molar-refractivity contribution is 0.580. The summed E-state index contributed by atoms with van der Waals surface area (Å²) in [6, 6.07) is 5.85. The van der Waals surface area contributed by atoms with Crippen LogP contribution >= 0.6 is 0 Å². The molecule has 0 aliphatic heterocycles. The fraction of sp³-hybridized carbons (Fsp3) is 0. The summed E-state index contributed by atoms with van der Waals surface area (Å²) in [6.45, 7) is 0. The van der Waals surface area contributed by atoms with Gasteiger partial charge >= 0.3 is 0 Å². The maximum atomic E-state index is 5.45. The fourth-order valence-electron chi connectivity index (χ4n) is 1.63. The van der Waals surface area contributed by atoms with Crippen LogP contribution in [0.5, 0.6) is 0 Å². The summed E-state index contributed by atoms with van der Waals surface area (Å²) < 4.78 is 5.45. The smallest absolute Gasteiger partial charge is 0.163 e. The number of furan rings is 1. The zero-order valence-electron chi connectivity index (χ0n) is 8.42. The van der Waals surface area contributed by atoms with Crippen molar-refractivity contribution in [3.05, 3.63) is 49.2 Å². The SMILES string of the molecule is c1c[nH]c(-c2ccoc2-c2cnccn2)c1. The molecule has 0 fully saturated rings. The summed E-state index contributed by atoms with van der Waals surface area (Å²) >= 11 is 0. The Labute approximate surface area is 92.0 Å². The number of rotatable bonds is 2. The predicted molar refractivity (Wildman–Crippen MR) is 59.5 cm³/mol. The molecule has 0 saturated carbocycles. The summed E-state index contributed by atoms with van der Waals surface area (Å²) in [5, 5.41) is 0. The summed E-state index contributed by atoms with van der Waals surface area (Å²) in [5.74, 6) is 0.732. The zero-order chi connectivity index (χ0) is 10.8. The first kappa shape index (κ1) is 8.91. The van der Waals surface area contributed by atoms with Gasteiger partial charge in [0.15, 0.2) is 5.76 Å². The number of nitrogens with zero attached hydrogens (tertiary/aromatic N) is 2. The molecule has 0 radical (unpaired) electrons. The van der Waals surface area contributed by atoms with E-state index in [0.717, 1.165) is 22.7 Å². The monoisotopic (exact) mass is 211 g/mol. The average Bonchev–Trinajstić information content (AvgIpc) is 3.01. The van der Waals surface area contributed by atoms with Crippen LogP contribution in [-0.2, 0) is 0 Å². The number of H-pyrrole nitrogens is 1. The van der Waals surface area contributed by atoms with E-state index in [1.54, 1.807) is 24.9 Å². The molecule has 0 aromatic carbocycles. The number of nitrogens with one attached hydrogen (secondary N) is 1. The van der Waals surface area contributed by atoms with Gasteiger partial charge < -0.3 is 9.40 Å². The Balaban J connectivity index is 2.14. The number of hydrogen-bond donors (Lipinski definition) is 1. The van der Waals surface area contributed by atoms with E-state index >= 15 is 0 Å². The molecule has 4 nitrogen and oxygen atoms in total. The molecule has 3 aromatic rings. The molecule has 78 valence electrons. The Morgan fingerprint density at radius 1 is 1.19 bits per heavy atom. The van der Waals surface area contributed by atoms with E-state index in [1.807, 2.05) is 24.4 Å². The van der Waals surface area contributed by atoms with Crippen LogP contribution in [0.2, 0.25) is 0 Å². The maximum absolute atomic E-state index is 5.45. The van der Waals surface area contributed by atoms with Gasteiger partial charge in [-0.3, -0.25) is 4.98 Å². The van der Waals surface area contributed by atoms with Crippen LogP contribution in [0, 0.1) is 0 Å². The average molecular weight is 211 g/mol. The second-order valence-electron chi connectivity index (χ2n) is 3.34. The van der Waals surface area contributed by atoms with Crippen molar-refractivity contribution in [2.75, 3.05) is 0 Å². The predicted octanol–water partition coefficient (Wildman–Crippen LogP) is 2.73. The molecule has 0 unspecified atom stereocenters. The highest BCUT2D eigenvalue weighted by atomic mass is 16.3. The van der Waals surface area contributed by atoms with Gasteiger partial charge in [0, 0.05) is 29.8 Å². The van der Waals surface area contributed by atoms with Crippen molar-refractivity contribution in [1.29, 1.82) is 0 Å². The van der Waals surface area contributed by atoms with E-state index < -0.39 is 0 Å². The summed E-state index contributed by atoms with van der Waals surface area (Å²) in [5.41, 5.74) is 2.73. The van der Waals surface area contributed by atoms with E-state index in [2.05, 4.69) is 15.0 Å². The topological polar surface area (TPSA) is 54.7 Å². The summed E-state index contributed by atoms with van der Waals surface area (Å²) in [4.78, 5) is 11.4. The minimum absolute atomic E-state index is 0.732. The highest BCUT2D eigenvalue weighted by molar-refractivity contribution is 5.75. The lowest BCUT2D eigenvalue weighted by atomic mass is 10.1. The Morgan fingerprint density at radius 3 is 2.94 bits per heavy atom. The molecule has 0 aliphatic carbocycles. The van der Waals surface area contributed by atoms with Gasteiger partial charge in [0.1, 0.15) is 5.69 Å². The lowest BCUT2D eigenvalue weighted by Gasteiger charge is -1.98. The highest BCUT2D eigenvalue weighted by Crippen LogP contribution is 2.30. The molecule has 0 saturated heterocycles. The summed E-state index contributed by atoms with van der Waals surface area (Å²) in [7, 11) is 0. The standard InChI is InChI=1S/C12H9N3O/c1-2-10(14-4-1)9-3-7-16-12(9)11-8-13-5-6-15-11/h1-8,14H. The molecule has 16 heavy (non-hydrogen) atoms. The Kier molecular flexibility index (Phi) is 2.04. The van der Waals surface area contributed by atoms with Gasteiger partial charge in [0.05, 0.1) is 12.5 Å². The van der Waals surface area contributed by atoms with Crippen molar-refractivity contribution in [2.45, 2.75) is 0 Å².